The van der Waals surface area contributed by atoms with E-state index < -0.39 is 17.8 Å². The molecule has 1 aromatic rings. The Hall–Kier alpha value is -0.780. The molecule has 1 rings (SSSR count). The summed E-state index contributed by atoms with van der Waals surface area (Å²) in [5.74, 6) is -0.0753. The van der Waals surface area contributed by atoms with Gasteiger partial charge in [-0.2, -0.15) is 11.8 Å². The van der Waals surface area contributed by atoms with E-state index in [1.54, 1.807) is 11.8 Å². The quantitative estimate of drug-likeness (QED) is 0.846. The molecular formula is C12H15ClFNO2S. The number of hydrogen-bond donors (Lipinski definition) is 2. The summed E-state index contributed by atoms with van der Waals surface area (Å²) >= 11 is 7.39. The highest BCUT2D eigenvalue weighted by Gasteiger charge is 2.12. The zero-order chi connectivity index (χ0) is 13.5. The van der Waals surface area contributed by atoms with Gasteiger partial charge in [0.05, 0.1) is 16.7 Å². The maximum absolute atomic E-state index is 12.8. The van der Waals surface area contributed by atoms with Gasteiger partial charge in [0.15, 0.2) is 0 Å². The van der Waals surface area contributed by atoms with Gasteiger partial charge in [-0.05, 0) is 36.6 Å². The fourth-order valence-electron chi connectivity index (χ4n) is 1.34. The normalized spacial score (nSPS) is 12.2. The molecule has 6 heteroatoms. The lowest BCUT2D eigenvalue weighted by Gasteiger charge is -2.11. The summed E-state index contributed by atoms with van der Waals surface area (Å²) < 4.78 is 12.8. The second-order valence-corrected chi connectivity index (χ2v) is 5.16. The molecule has 0 bridgehead atoms. The minimum Gasteiger partial charge on any atom is -0.391 e. The van der Waals surface area contributed by atoms with Crippen molar-refractivity contribution < 1.29 is 14.3 Å². The average molecular weight is 292 g/mol. The lowest BCUT2D eigenvalue weighted by Crippen LogP contribution is -2.32. The van der Waals surface area contributed by atoms with Gasteiger partial charge in [0.25, 0.3) is 5.91 Å². The minimum atomic E-state index is -0.583. The largest absolute Gasteiger partial charge is 0.391 e. The van der Waals surface area contributed by atoms with E-state index in [-0.39, 0.29) is 17.1 Å². The molecule has 0 heterocycles. The molecule has 0 fully saturated rings. The first-order valence-electron chi connectivity index (χ1n) is 5.45. The number of halogens is 2. The van der Waals surface area contributed by atoms with Crippen LogP contribution in [0.5, 0.6) is 0 Å². The molecule has 1 aromatic carbocycles. The Kier molecular flexibility index (Phi) is 6.46. The summed E-state index contributed by atoms with van der Waals surface area (Å²) in [5, 5.41) is 12.2. The van der Waals surface area contributed by atoms with Crippen LogP contribution >= 0.6 is 23.4 Å². The molecule has 0 aliphatic carbocycles. The topological polar surface area (TPSA) is 49.3 Å². The van der Waals surface area contributed by atoms with Crippen molar-refractivity contribution in [2.45, 2.75) is 12.5 Å². The predicted molar refractivity (Wildman–Crippen MR) is 72.7 cm³/mol. The predicted octanol–water partition coefficient (Wildman–Crippen LogP) is 2.32. The summed E-state index contributed by atoms with van der Waals surface area (Å²) in [6.07, 6.45) is 1.97. The molecule has 0 aliphatic rings. The second-order valence-electron chi connectivity index (χ2n) is 3.77. The molecule has 0 radical (unpaired) electrons. The fourth-order valence-corrected chi connectivity index (χ4v) is 2.10. The van der Waals surface area contributed by atoms with Crippen molar-refractivity contribution >= 4 is 29.3 Å². The van der Waals surface area contributed by atoms with E-state index in [9.17, 15) is 14.3 Å². The van der Waals surface area contributed by atoms with Crippen LogP contribution in [0.2, 0.25) is 5.02 Å². The average Bonchev–Trinajstić information content (AvgIpc) is 2.33. The first kappa shape index (κ1) is 15.3. The number of thioether (sulfide) groups is 1. The monoisotopic (exact) mass is 291 g/mol. The third-order valence-electron chi connectivity index (χ3n) is 2.33. The summed E-state index contributed by atoms with van der Waals surface area (Å²) in [6, 6.07) is 3.58. The van der Waals surface area contributed by atoms with Crippen LogP contribution in [0.15, 0.2) is 18.2 Å². The van der Waals surface area contributed by atoms with Crippen molar-refractivity contribution in [2.24, 2.45) is 0 Å². The first-order valence-corrected chi connectivity index (χ1v) is 7.22. The van der Waals surface area contributed by atoms with Gasteiger partial charge in [0, 0.05) is 6.54 Å². The van der Waals surface area contributed by atoms with Crippen molar-refractivity contribution in [1.82, 2.24) is 5.32 Å². The summed E-state index contributed by atoms with van der Waals surface area (Å²) in [5.41, 5.74) is 0.204. The van der Waals surface area contributed by atoms with Crippen molar-refractivity contribution in [2.75, 3.05) is 18.6 Å². The number of carbonyl (C=O) groups excluding carboxylic acids is 1. The van der Waals surface area contributed by atoms with E-state index in [0.29, 0.717) is 6.42 Å². The van der Waals surface area contributed by atoms with Gasteiger partial charge in [-0.25, -0.2) is 4.39 Å². The molecule has 1 amide bonds. The highest BCUT2D eigenvalue weighted by molar-refractivity contribution is 7.98. The second kappa shape index (κ2) is 7.61. The number of nitrogens with one attached hydrogen (secondary N) is 1. The van der Waals surface area contributed by atoms with Crippen molar-refractivity contribution in [3.63, 3.8) is 0 Å². The van der Waals surface area contributed by atoms with Crippen molar-refractivity contribution in [3.8, 4) is 0 Å². The number of hydrogen-bond acceptors (Lipinski definition) is 3. The van der Waals surface area contributed by atoms with Gasteiger partial charge >= 0.3 is 0 Å². The Balaban J connectivity index is 2.50. The van der Waals surface area contributed by atoms with E-state index in [0.717, 1.165) is 11.8 Å². The van der Waals surface area contributed by atoms with Gasteiger partial charge in [0.1, 0.15) is 5.82 Å². The van der Waals surface area contributed by atoms with Crippen LogP contribution in [0.25, 0.3) is 0 Å². The number of aliphatic hydroxyl groups excluding tert-OH is 1. The SMILES string of the molecule is CSCCC(O)CNC(=O)c1ccc(F)cc1Cl. The maximum Gasteiger partial charge on any atom is 0.252 e. The minimum absolute atomic E-state index is 0.0612. The standard InChI is InChI=1S/C12H15ClFNO2S/c1-18-5-4-9(16)7-15-12(17)10-3-2-8(14)6-11(10)13/h2-3,6,9,16H,4-5,7H2,1H3,(H,15,17). The molecular weight excluding hydrogens is 277 g/mol. The molecule has 100 valence electrons. The highest BCUT2D eigenvalue weighted by atomic mass is 35.5. The fraction of sp³-hybridized carbons (Fsp3) is 0.417. The summed E-state index contributed by atoms with van der Waals surface area (Å²) in [7, 11) is 0. The molecule has 18 heavy (non-hydrogen) atoms. The Labute approximate surface area is 115 Å². The van der Waals surface area contributed by atoms with Gasteiger partial charge in [-0.15, -0.1) is 0 Å². The van der Waals surface area contributed by atoms with E-state index >= 15 is 0 Å². The number of rotatable bonds is 6. The van der Waals surface area contributed by atoms with Crippen LogP contribution in [-0.4, -0.2) is 35.7 Å². The van der Waals surface area contributed by atoms with Crippen LogP contribution in [0.3, 0.4) is 0 Å². The first-order chi connectivity index (χ1) is 8.54. The third kappa shape index (κ3) is 4.84. The van der Waals surface area contributed by atoms with E-state index in [2.05, 4.69) is 5.32 Å². The Morgan fingerprint density at radius 2 is 2.33 bits per heavy atom. The lowest BCUT2D eigenvalue weighted by atomic mass is 10.2. The van der Waals surface area contributed by atoms with Crippen LogP contribution in [0.4, 0.5) is 4.39 Å². The lowest BCUT2D eigenvalue weighted by molar-refractivity contribution is 0.0914. The number of carbonyl (C=O) groups is 1. The van der Waals surface area contributed by atoms with Crippen LogP contribution in [0, 0.1) is 5.82 Å². The molecule has 0 spiro atoms. The van der Waals surface area contributed by atoms with Gasteiger partial charge in [-0.3, -0.25) is 4.79 Å². The smallest absolute Gasteiger partial charge is 0.252 e. The molecule has 2 N–H and O–H groups in total. The van der Waals surface area contributed by atoms with Gasteiger partial charge < -0.3 is 10.4 Å². The number of amides is 1. The van der Waals surface area contributed by atoms with Crippen LogP contribution < -0.4 is 5.32 Å². The number of aliphatic hydroxyl groups is 1. The Morgan fingerprint density at radius 3 is 2.94 bits per heavy atom. The molecule has 0 saturated heterocycles. The maximum atomic E-state index is 12.8. The van der Waals surface area contributed by atoms with Crippen LogP contribution in [0.1, 0.15) is 16.8 Å². The zero-order valence-electron chi connectivity index (χ0n) is 9.95. The highest BCUT2D eigenvalue weighted by Crippen LogP contribution is 2.16. The summed E-state index contributed by atoms with van der Waals surface area (Å²) in [6.45, 7) is 0.160. The van der Waals surface area contributed by atoms with E-state index in [1.165, 1.54) is 12.1 Å². The third-order valence-corrected chi connectivity index (χ3v) is 3.29. The molecule has 0 aliphatic heterocycles. The van der Waals surface area contributed by atoms with Gasteiger partial charge in [0.2, 0.25) is 0 Å². The van der Waals surface area contributed by atoms with Crippen molar-refractivity contribution in [3.05, 3.63) is 34.6 Å². The molecule has 1 atom stereocenters. The number of benzene rings is 1. The molecule has 1 unspecified atom stereocenters. The van der Waals surface area contributed by atoms with E-state index in [4.69, 9.17) is 11.6 Å². The zero-order valence-corrected chi connectivity index (χ0v) is 11.5. The Morgan fingerprint density at radius 1 is 1.61 bits per heavy atom. The van der Waals surface area contributed by atoms with Crippen LogP contribution in [-0.2, 0) is 0 Å². The molecule has 0 saturated carbocycles. The Bertz CT molecular complexity index is 417. The van der Waals surface area contributed by atoms with E-state index in [1.807, 2.05) is 6.26 Å². The van der Waals surface area contributed by atoms with Gasteiger partial charge in [-0.1, -0.05) is 11.6 Å². The summed E-state index contributed by atoms with van der Waals surface area (Å²) in [4.78, 5) is 11.7. The molecule has 3 nitrogen and oxygen atoms in total. The van der Waals surface area contributed by atoms with Crippen molar-refractivity contribution in [1.29, 1.82) is 0 Å². The molecule has 0 aromatic heterocycles.